The van der Waals surface area contributed by atoms with Gasteiger partial charge in [0, 0.05) is 33.8 Å². The molecule has 0 saturated heterocycles. The highest BCUT2D eigenvalue weighted by molar-refractivity contribution is 6.52. The molecule has 3 rings (SSSR count). The highest BCUT2D eigenvalue weighted by atomic mass is 35.5. The average molecular weight is 395 g/mol. The van der Waals surface area contributed by atoms with Crippen molar-refractivity contribution in [2.24, 2.45) is 5.92 Å². The molecule has 2 aromatic carbocycles. The second-order valence-corrected chi connectivity index (χ2v) is 8.20. The lowest BCUT2D eigenvalue weighted by molar-refractivity contribution is 0.474. The minimum atomic E-state index is -0.931. The molecule has 1 aliphatic carbocycles. The summed E-state index contributed by atoms with van der Waals surface area (Å²) in [7, 11) is 0. The molecular weight excluding hydrogens is 377 g/mol. The maximum Gasteiger partial charge on any atom is 0.134 e. The van der Waals surface area contributed by atoms with Crippen LogP contribution in [0.2, 0.25) is 5.02 Å². The van der Waals surface area contributed by atoms with Gasteiger partial charge in [-0.1, -0.05) is 36.9 Å². The number of phenolic OH excluding ortho intramolecular Hbond substituents is 1. The van der Waals surface area contributed by atoms with E-state index >= 15 is 0 Å². The van der Waals surface area contributed by atoms with E-state index < -0.39 is 4.33 Å². The van der Waals surface area contributed by atoms with Gasteiger partial charge in [0.1, 0.15) is 10.1 Å². The van der Waals surface area contributed by atoms with E-state index in [-0.39, 0.29) is 17.6 Å². The van der Waals surface area contributed by atoms with Crippen LogP contribution in [0.3, 0.4) is 0 Å². The van der Waals surface area contributed by atoms with Crippen LogP contribution in [0, 0.1) is 12.8 Å². The summed E-state index contributed by atoms with van der Waals surface area (Å²) >= 11 is 19.2. The van der Waals surface area contributed by atoms with Gasteiger partial charge >= 0.3 is 0 Å². The molecule has 5 heteroatoms. The van der Waals surface area contributed by atoms with E-state index in [0.717, 1.165) is 16.8 Å². The van der Waals surface area contributed by atoms with E-state index in [1.807, 2.05) is 25.1 Å². The molecule has 0 aromatic heterocycles. The van der Waals surface area contributed by atoms with Crippen LogP contribution in [0.1, 0.15) is 22.6 Å². The van der Waals surface area contributed by atoms with Crippen LogP contribution in [0.15, 0.2) is 55.3 Å². The van der Waals surface area contributed by atoms with E-state index in [0.29, 0.717) is 16.3 Å². The van der Waals surface area contributed by atoms with Gasteiger partial charge in [0.15, 0.2) is 0 Å². The Bertz CT molecular complexity index is 840. The van der Waals surface area contributed by atoms with Crippen molar-refractivity contribution in [1.29, 1.82) is 0 Å². The molecule has 2 aromatic rings. The predicted molar refractivity (Wildman–Crippen MR) is 108 cm³/mol. The number of aromatic hydroxyl groups is 1. The Morgan fingerprint density at radius 2 is 1.96 bits per heavy atom. The number of anilines is 1. The molecule has 0 spiro atoms. The lowest BCUT2D eigenvalue weighted by Gasteiger charge is -2.11. The van der Waals surface area contributed by atoms with Gasteiger partial charge in [-0.3, -0.25) is 0 Å². The van der Waals surface area contributed by atoms with Crippen molar-refractivity contribution in [3.63, 3.8) is 0 Å². The van der Waals surface area contributed by atoms with E-state index in [9.17, 15) is 5.11 Å². The van der Waals surface area contributed by atoms with Crippen molar-refractivity contribution < 1.29 is 5.11 Å². The van der Waals surface area contributed by atoms with Crippen LogP contribution in [0.4, 0.5) is 5.69 Å². The summed E-state index contributed by atoms with van der Waals surface area (Å²) in [6, 6.07) is 11.0. The topological polar surface area (TPSA) is 32.3 Å². The third kappa shape index (κ3) is 3.52. The normalized spacial score (nSPS) is 20.8. The highest BCUT2D eigenvalue weighted by Gasteiger charge is 2.65. The standard InChI is InChI=1S/C20H18Cl3NO/c1-4-13-10-16(5-6-17(13)25)24-12(3)18-19(20(18,22)23)14-7-11(2)8-15(21)9-14/h4-10,18-19,24-25H,1,3H2,2H3. The van der Waals surface area contributed by atoms with Gasteiger partial charge in [-0.2, -0.15) is 0 Å². The van der Waals surface area contributed by atoms with Crippen molar-refractivity contribution in [3.05, 3.63) is 77.0 Å². The molecule has 1 saturated carbocycles. The summed E-state index contributed by atoms with van der Waals surface area (Å²) < 4.78 is -0.931. The van der Waals surface area contributed by atoms with Gasteiger partial charge < -0.3 is 10.4 Å². The van der Waals surface area contributed by atoms with E-state index in [4.69, 9.17) is 34.8 Å². The first-order valence-corrected chi connectivity index (χ1v) is 8.93. The van der Waals surface area contributed by atoms with E-state index in [2.05, 4.69) is 18.5 Å². The van der Waals surface area contributed by atoms with Gasteiger partial charge in [-0.25, -0.2) is 0 Å². The molecular formula is C20H18Cl3NO. The third-order valence-corrected chi connectivity index (χ3v) is 5.56. The molecule has 0 bridgehead atoms. The number of benzene rings is 2. The zero-order valence-electron chi connectivity index (χ0n) is 13.7. The maximum absolute atomic E-state index is 9.74. The average Bonchev–Trinajstić information content (AvgIpc) is 3.11. The number of phenols is 1. The Morgan fingerprint density at radius 1 is 1.24 bits per heavy atom. The number of nitrogens with one attached hydrogen (secondary N) is 1. The number of aryl methyl sites for hydroxylation is 1. The fourth-order valence-electron chi connectivity index (χ4n) is 3.18. The highest BCUT2D eigenvalue weighted by Crippen LogP contribution is 2.67. The first-order chi connectivity index (χ1) is 11.7. The summed E-state index contributed by atoms with van der Waals surface area (Å²) in [6.45, 7) is 9.77. The fourth-order valence-corrected chi connectivity index (χ4v) is 4.37. The zero-order chi connectivity index (χ0) is 18.4. The SMILES string of the molecule is C=Cc1cc(NC(=C)C2C(c3cc(C)cc(Cl)c3)C2(Cl)Cl)ccc1O. The molecule has 0 aliphatic heterocycles. The first-order valence-electron chi connectivity index (χ1n) is 7.80. The van der Waals surface area contributed by atoms with Gasteiger partial charge in [-0.15, -0.1) is 23.2 Å². The van der Waals surface area contributed by atoms with Crippen molar-refractivity contribution in [3.8, 4) is 5.75 Å². The lowest BCUT2D eigenvalue weighted by Crippen LogP contribution is -2.04. The Kier molecular flexibility index (Phi) is 4.80. The van der Waals surface area contributed by atoms with Crippen molar-refractivity contribution >= 4 is 46.6 Å². The quantitative estimate of drug-likeness (QED) is 0.447. The van der Waals surface area contributed by atoms with Crippen molar-refractivity contribution in [2.75, 3.05) is 5.32 Å². The molecule has 2 N–H and O–H groups in total. The van der Waals surface area contributed by atoms with Crippen LogP contribution in [0.5, 0.6) is 5.75 Å². The summed E-state index contributed by atoms with van der Waals surface area (Å²) in [5, 5.41) is 13.6. The minimum Gasteiger partial charge on any atom is -0.507 e. The van der Waals surface area contributed by atoms with Crippen molar-refractivity contribution in [2.45, 2.75) is 17.2 Å². The van der Waals surface area contributed by atoms with E-state index in [1.54, 1.807) is 24.3 Å². The Balaban J connectivity index is 1.82. The largest absolute Gasteiger partial charge is 0.507 e. The molecule has 2 atom stereocenters. The van der Waals surface area contributed by atoms with E-state index in [1.165, 1.54) is 0 Å². The zero-order valence-corrected chi connectivity index (χ0v) is 16.0. The number of hydrogen-bond acceptors (Lipinski definition) is 2. The fraction of sp³-hybridized carbons (Fsp3) is 0.200. The second-order valence-electron chi connectivity index (χ2n) is 6.32. The molecule has 0 heterocycles. The number of hydrogen-bond donors (Lipinski definition) is 2. The maximum atomic E-state index is 9.74. The molecule has 0 amide bonds. The summed E-state index contributed by atoms with van der Waals surface area (Å²) in [4.78, 5) is 0. The van der Waals surface area contributed by atoms with Crippen molar-refractivity contribution in [1.82, 2.24) is 0 Å². The molecule has 130 valence electrons. The number of halogens is 3. The minimum absolute atomic E-state index is 0.0794. The monoisotopic (exact) mass is 393 g/mol. The molecule has 1 aliphatic rings. The predicted octanol–water partition coefficient (Wildman–Crippen LogP) is 6.51. The van der Waals surface area contributed by atoms with Crippen LogP contribution >= 0.6 is 34.8 Å². The van der Waals surface area contributed by atoms with Crippen LogP contribution in [-0.2, 0) is 0 Å². The van der Waals surface area contributed by atoms with Gasteiger partial charge in [-0.05, 0) is 48.4 Å². The van der Waals surface area contributed by atoms with Gasteiger partial charge in [0.2, 0.25) is 0 Å². The molecule has 0 radical (unpaired) electrons. The first kappa shape index (κ1) is 18.2. The molecule has 1 fully saturated rings. The number of rotatable bonds is 5. The Labute approximate surface area is 162 Å². The molecule has 2 nitrogen and oxygen atoms in total. The number of allylic oxidation sites excluding steroid dienone is 1. The van der Waals surface area contributed by atoms with Gasteiger partial charge in [0.25, 0.3) is 0 Å². The van der Waals surface area contributed by atoms with Crippen LogP contribution in [0.25, 0.3) is 6.08 Å². The van der Waals surface area contributed by atoms with Crippen LogP contribution in [-0.4, -0.2) is 9.44 Å². The molecule has 25 heavy (non-hydrogen) atoms. The van der Waals surface area contributed by atoms with Crippen LogP contribution < -0.4 is 5.32 Å². The summed E-state index contributed by atoms with van der Waals surface area (Å²) in [5.74, 6) is -0.0483. The smallest absolute Gasteiger partial charge is 0.134 e. The summed E-state index contributed by atoms with van der Waals surface area (Å²) in [5.41, 5.74) is 4.20. The second kappa shape index (κ2) is 6.60. The third-order valence-electron chi connectivity index (χ3n) is 4.40. The lowest BCUT2D eigenvalue weighted by atomic mass is 10.1. The molecule has 2 unspecified atom stereocenters. The van der Waals surface area contributed by atoms with Gasteiger partial charge in [0.05, 0.1) is 0 Å². The Morgan fingerprint density at radius 3 is 2.60 bits per heavy atom. The Hall–Kier alpha value is -1.61. The number of alkyl halides is 2. The summed E-state index contributed by atoms with van der Waals surface area (Å²) in [6.07, 6.45) is 1.59.